The zero-order valence-electron chi connectivity index (χ0n) is 9.49. The molecular weight excluding hydrogens is 265 g/mol. The van der Waals surface area contributed by atoms with Crippen LogP contribution in [0.1, 0.15) is 16.6 Å². The van der Waals surface area contributed by atoms with E-state index in [1.165, 1.54) is 24.5 Å². The zero-order chi connectivity index (χ0) is 13.3. The minimum Gasteiger partial charge on any atom is -0.383 e. The molecule has 0 saturated carbocycles. The Balaban J connectivity index is 2.40. The van der Waals surface area contributed by atoms with Gasteiger partial charge >= 0.3 is 6.18 Å². The minimum atomic E-state index is -4.35. The van der Waals surface area contributed by atoms with E-state index in [9.17, 15) is 13.2 Å². The van der Waals surface area contributed by atoms with E-state index in [0.717, 1.165) is 12.1 Å². The lowest BCUT2D eigenvalue weighted by molar-refractivity contribution is -0.137. The molecule has 98 valence electrons. The van der Waals surface area contributed by atoms with Crippen molar-refractivity contribution in [3.8, 4) is 0 Å². The fourth-order valence-corrected chi connectivity index (χ4v) is 2.46. The average Bonchev–Trinajstić information content (AvgIpc) is 2.70. The van der Waals surface area contributed by atoms with Crippen LogP contribution in [0.2, 0.25) is 0 Å². The molecule has 0 bridgehead atoms. The van der Waals surface area contributed by atoms with Crippen LogP contribution in [-0.2, 0) is 10.9 Å². The van der Waals surface area contributed by atoms with E-state index in [1.54, 1.807) is 0 Å². The van der Waals surface area contributed by atoms with Crippen LogP contribution in [0, 0.1) is 0 Å². The molecule has 3 nitrogen and oxygen atoms in total. The van der Waals surface area contributed by atoms with Gasteiger partial charge in [0.25, 0.3) is 0 Å². The number of alkyl halides is 3. The zero-order valence-corrected chi connectivity index (χ0v) is 10.3. The highest BCUT2D eigenvalue weighted by molar-refractivity contribution is 7.18. The number of halogens is 3. The molecule has 1 aromatic heterocycles. The molecule has 2 N–H and O–H groups in total. The van der Waals surface area contributed by atoms with E-state index in [2.05, 4.69) is 4.98 Å². The Kier molecular flexibility index (Phi) is 3.56. The van der Waals surface area contributed by atoms with Crippen molar-refractivity contribution >= 4 is 21.6 Å². The number of benzene rings is 1. The van der Waals surface area contributed by atoms with Crippen LogP contribution in [0.25, 0.3) is 10.2 Å². The molecule has 0 amide bonds. The predicted molar refractivity (Wildman–Crippen MR) is 63.4 cm³/mol. The maximum atomic E-state index is 12.5. The Morgan fingerprint density at radius 3 is 2.78 bits per heavy atom. The van der Waals surface area contributed by atoms with Crippen LogP contribution in [0.4, 0.5) is 13.2 Å². The van der Waals surface area contributed by atoms with Crippen LogP contribution in [0.3, 0.4) is 0 Å². The lowest BCUT2D eigenvalue weighted by Crippen LogP contribution is -2.15. The van der Waals surface area contributed by atoms with Crippen molar-refractivity contribution < 1.29 is 17.9 Å². The summed E-state index contributed by atoms with van der Waals surface area (Å²) in [5.74, 6) is 0. The number of thiazole rings is 1. The van der Waals surface area contributed by atoms with Gasteiger partial charge in [0.15, 0.2) is 0 Å². The molecule has 7 heteroatoms. The summed E-state index contributed by atoms with van der Waals surface area (Å²) < 4.78 is 43.2. The topological polar surface area (TPSA) is 48.1 Å². The quantitative estimate of drug-likeness (QED) is 0.937. The molecule has 1 aromatic carbocycles. The number of hydrogen-bond acceptors (Lipinski definition) is 4. The number of aromatic nitrogens is 1. The number of hydrogen-bond donors (Lipinski definition) is 1. The van der Waals surface area contributed by atoms with Crippen molar-refractivity contribution in [1.29, 1.82) is 0 Å². The van der Waals surface area contributed by atoms with Crippen molar-refractivity contribution in [2.75, 3.05) is 13.7 Å². The Bertz CT molecular complexity index is 553. The molecule has 0 fully saturated rings. The molecule has 18 heavy (non-hydrogen) atoms. The smallest absolute Gasteiger partial charge is 0.383 e. The van der Waals surface area contributed by atoms with E-state index in [0.29, 0.717) is 15.2 Å². The molecular formula is C11H11F3N2OS. The van der Waals surface area contributed by atoms with E-state index >= 15 is 0 Å². The number of nitrogens with two attached hydrogens (primary N) is 1. The fourth-order valence-electron chi connectivity index (χ4n) is 1.53. The number of rotatable bonds is 3. The standard InChI is InChI=1S/C11H11F3N2OS/c1-17-5-7(15)10-16-8-4-6(11(12,13)14)2-3-9(8)18-10/h2-4,7H,5,15H2,1H3. The molecule has 1 atom stereocenters. The van der Waals surface area contributed by atoms with Gasteiger partial charge in [-0.1, -0.05) is 0 Å². The Morgan fingerprint density at radius 2 is 2.17 bits per heavy atom. The minimum absolute atomic E-state index is 0.284. The van der Waals surface area contributed by atoms with Crippen molar-refractivity contribution in [2.45, 2.75) is 12.2 Å². The van der Waals surface area contributed by atoms with Gasteiger partial charge in [-0.15, -0.1) is 11.3 Å². The lowest BCUT2D eigenvalue weighted by Gasteiger charge is -2.05. The van der Waals surface area contributed by atoms with Crippen LogP contribution in [0.5, 0.6) is 0 Å². The molecule has 0 spiro atoms. The van der Waals surface area contributed by atoms with Gasteiger partial charge in [0.2, 0.25) is 0 Å². The second-order valence-corrected chi connectivity index (χ2v) is 4.86. The monoisotopic (exact) mass is 276 g/mol. The lowest BCUT2D eigenvalue weighted by atomic mass is 10.2. The molecule has 0 aliphatic carbocycles. The van der Waals surface area contributed by atoms with Crippen molar-refractivity contribution in [1.82, 2.24) is 4.98 Å². The maximum absolute atomic E-state index is 12.5. The number of nitrogens with zero attached hydrogens (tertiary/aromatic N) is 1. The number of ether oxygens (including phenoxy) is 1. The molecule has 0 radical (unpaired) electrons. The SMILES string of the molecule is COCC(N)c1nc2cc(C(F)(F)F)ccc2s1. The van der Waals surface area contributed by atoms with Crippen LogP contribution in [0.15, 0.2) is 18.2 Å². The fraction of sp³-hybridized carbons (Fsp3) is 0.364. The van der Waals surface area contributed by atoms with E-state index < -0.39 is 17.8 Å². The van der Waals surface area contributed by atoms with Gasteiger partial charge in [0.1, 0.15) is 5.01 Å². The predicted octanol–water partition coefficient (Wildman–Crippen LogP) is 2.96. The summed E-state index contributed by atoms with van der Waals surface area (Å²) in [6, 6.07) is 3.08. The van der Waals surface area contributed by atoms with Crippen LogP contribution >= 0.6 is 11.3 Å². The second kappa shape index (κ2) is 4.83. The van der Waals surface area contributed by atoms with Gasteiger partial charge < -0.3 is 10.5 Å². The van der Waals surface area contributed by atoms with Crippen LogP contribution < -0.4 is 5.73 Å². The van der Waals surface area contributed by atoms with Gasteiger partial charge in [0.05, 0.1) is 28.4 Å². The summed E-state index contributed by atoms with van der Waals surface area (Å²) in [6.07, 6.45) is -4.35. The van der Waals surface area contributed by atoms with E-state index in [-0.39, 0.29) is 6.61 Å². The molecule has 0 aliphatic heterocycles. The van der Waals surface area contributed by atoms with Crippen molar-refractivity contribution in [3.63, 3.8) is 0 Å². The van der Waals surface area contributed by atoms with Crippen molar-refractivity contribution in [3.05, 3.63) is 28.8 Å². The molecule has 0 saturated heterocycles. The van der Waals surface area contributed by atoms with E-state index in [1.807, 2.05) is 0 Å². The summed E-state index contributed by atoms with van der Waals surface area (Å²) >= 11 is 1.28. The largest absolute Gasteiger partial charge is 0.416 e. The normalized spacial score (nSPS) is 14.1. The molecule has 2 aromatic rings. The molecule has 2 rings (SSSR count). The van der Waals surface area contributed by atoms with Gasteiger partial charge in [-0.2, -0.15) is 13.2 Å². The van der Waals surface area contributed by atoms with Crippen molar-refractivity contribution in [2.24, 2.45) is 5.73 Å². The second-order valence-electron chi connectivity index (χ2n) is 3.79. The highest BCUT2D eigenvalue weighted by Crippen LogP contribution is 2.33. The average molecular weight is 276 g/mol. The van der Waals surface area contributed by atoms with Gasteiger partial charge in [-0.3, -0.25) is 0 Å². The van der Waals surface area contributed by atoms with E-state index in [4.69, 9.17) is 10.5 Å². The molecule has 0 aliphatic rings. The third-order valence-corrected chi connectivity index (χ3v) is 3.56. The molecule has 1 heterocycles. The number of methoxy groups -OCH3 is 1. The first kappa shape index (κ1) is 13.3. The summed E-state index contributed by atoms with van der Waals surface area (Å²) in [4.78, 5) is 4.12. The van der Waals surface area contributed by atoms with Gasteiger partial charge in [0, 0.05) is 7.11 Å². The first-order valence-electron chi connectivity index (χ1n) is 5.14. The summed E-state index contributed by atoms with van der Waals surface area (Å²) in [6.45, 7) is 0.284. The van der Waals surface area contributed by atoms with Crippen LogP contribution in [-0.4, -0.2) is 18.7 Å². The first-order chi connectivity index (χ1) is 8.41. The third kappa shape index (κ3) is 2.63. The Hall–Kier alpha value is -1.18. The maximum Gasteiger partial charge on any atom is 0.416 e. The van der Waals surface area contributed by atoms with Gasteiger partial charge in [-0.25, -0.2) is 4.98 Å². The molecule has 1 unspecified atom stereocenters. The Labute approximate surface area is 105 Å². The summed E-state index contributed by atoms with van der Waals surface area (Å²) in [7, 11) is 1.51. The highest BCUT2D eigenvalue weighted by atomic mass is 32.1. The summed E-state index contributed by atoms with van der Waals surface area (Å²) in [5.41, 5.74) is 5.41. The first-order valence-corrected chi connectivity index (χ1v) is 5.95. The summed E-state index contributed by atoms with van der Waals surface area (Å²) in [5, 5.41) is 0.575. The number of fused-ring (bicyclic) bond motifs is 1. The Morgan fingerprint density at radius 1 is 1.44 bits per heavy atom. The third-order valence-electron chi connectivity index (χ3n) is 2.39. The van der Waals surface area contributed by atoms with Gasteiger partial charge in [-0.05, 0) is 18.2 Å². The highest BCUT2D eigenvalue weighted by Gasteiger charge is 2.30.